The summed E-state index contributed by atoms with van der Waals surface area (Å²) < 4.78 is 21.8. The first-order valence-corrected chi connectivity index (χ1v) is 12.8. The van der Waals surface area contributed by atoms with Gasteiger partial charge in [0.15, 0.2) is 0 Å². The smallest absolute Gasteiger partial charge is 0.0749 e. The van der Waals surface area contributed by atoms with E-state index in [4.69, 9.17) is 18.9 Å². The zero-order chi connectivity index (χ0) is 20.0. The quantitative estimate of drug-likeness (QED) is 0.396. The first kappa shape index (κ1) is 23.1. The van der Waals surface area contributed by atoms with E-state index >= 15 is 0 Å². The molecule has 0 aromatic heterocycles. The third-order valence-electron chi connectivity index (χ3n) is 4.94. The molecule has 0 atom stereocenters. The fourth-order valence-electron chi connectivity index (χ4n) is 3.37. The van der Waals surface area contributed by atoms with Crippen LogP contribution in [0, 0.1) is 0 Å². The first-order chi connectivity index (χ1) is 13.6. The van der Waals surface area contributed by atoms with Crippen LogP contribution in [0.25, 0.3) is 0 Å². The highest BCUT2D eigenvalue weighted by atomic mass is 32.2. The van der Waals surface area contributed by atoms with E-state index in [0.29, 0.717) is 0 Å². The Morgan fingerprint density at radius 3 is 1.00 bits per heavy atom. The average Bonchev–Trinajstić information content (AvgIpc) is 3.23. The molecule has 2 heterocycles. The van der Waals surface area contributed by atoms with Crippen LogP contribution in [0.2, 0.25) is 0 Å². The lowest BCUT2D eigenvalue weighted by molar-refractivity contribution is 0.171. The minimum atomic E-state index is 0.113. The summed E-state index contributed by atoms with van der Waals surface area (Å²) in [5.41, 5.74) is 0. The second kappa shape index (κ2) is 10.7. The number of ether oxygens (including phenoxy) is 4. The van der Waals surface area contributed by atoms with Gasteiger partial charge in [0, 0.05) is 74.4 Å². The lowest BCUT2D eigenvalue weighted by atomic mass is 10.2. The van der Waals surface area contributed by atoms with E-state index in [-0.39, 0.29) is 8.16 Å². The van der Waals surface area contributed by atoms with Gasteiger partial charge in [0.1, 0.15) is 0 Å². The summed E-state index contributed by atoms with van der Waals surface area (Å²) in [5, 5.41) is 0. The zero-order valence-electron chi connectivity index (χ0n) is 17.1. The number of fused-ring (bicyclic) bond motifs is 2. The fourth-order valence-corrected chi connectivity index (χ4v) is 9.86. The third kappa shape index (κ3) is 5.38. The lowest BCUT2D eigenvalue weighted by Gasteiger charge is -2.27. The molecule has 0 fully saturated rings. The van der Waals surface area contributed by atoms with Gasteiger partial charge in [-0.1, -0.05) is 0 Å². The minimum absolute atomic E-state index is 0.113. The Kier molecular flexibility index (Phi) is 8.81. The van der Waals surface area contributed by atoms with Crippen molar-refractivity contribution in [1.29, 1.82) is 0 Å². The van der Waals surface area contributed by atoms with Gasteiger partial charge in [-0.25, -0.2) is 0 Å². The van der Waals surface area contributed by atoms with Crippen molar-refractivity contribution in [3.8, 4) is 0 Å². The van der Waals surface area contributed by atoms with Crippen molar-refractivity contribution in [2.45, 2.75) is 53.4 Å². The minimum Gasteiger partial charge on any atom is -0.385 e. The molecule has 2 aliphatic rings. The van der Waals surface area contributed by atoms with Crippen molar-refractivity contribution in [1.82, 2.24) is 0 Å². The van der Waals surface area contributed by atoms with Gasteiger partial charge in [-0.3, -0.25) is 0 Å². The van der Waals surface area contributed by atoms with Crippen LogP contribution in [0.3, 0.4) is 0 Å². The van der Waals surface area contributed by atoms with Gasteiger partial charge < -0.3 is 18.9 Å². The van der Waals surface area contributed by atoms with E-state index in [1.54, 1.807) is 28.4 Å². The highest BCUT2D eigenvalue weighted by Crippen LogP contribution is 2.65. The first-order valence-electron chi connectivity index (χ1n) is 9.49. The largest absolute Gasteiger partial charge is 0.385 e. The molecule has 4 nitrogen and oxygen atoms in total. The van der Waals surface area contributed by atoms with Crippen LogP contribution < -0.4 is 0 Å². The molecule has 1 aromatic rings. The van der Waals surface area contributed by atoms with Crippen LogP contribution in [0.4, 0.5) is 0 Å². The number of thioether (sulfide) groups is 4. The van der Waals surface area contributed by atoms with Gasteiger partial charge in [0.2, 0.25) is 0 Å². The summed E-state index contributed by atoms with van der Waals surface area (Å²) in [6.45, 7) is 3.10. The van der Waals surface area contributed by atoms with Gasteiger partial charge in [0.25, 0.3) is 0 Å². The maximum absolute atomic E-state index is 5.39. The van der Waals surface area contributed by atoms with E-state index in [0.717, 1.165) is 52.1 Å². The van der Waals surface area contributed by atoms with Crippen LogP contribution >= 0.6 is 47.0 Å². The number of methoxy groups -OCH3 is 4. The lowest BCUT2D eigenvalue weighted by Crippen LogP contribution is -2.22. The van der Waals surface area contributed by atoms with E-state index in [1.807, 2.05) is 47.0 Å². The van der Waals surface area contributed by atoms with Crippen LogP contribution in [-0.2, 0) is 18.9 Å². The van der Waals surface area contributed by atoms with E-state index < -0.39 is 0 Å². The van der Waals surface area contributed by atoms with Crippen LogP contribution in [0.5, 0.6) is 0 Å². The predicted molar refractivity (Wildman–Crippen MR) is 121 cm³/mol. The maximum atomic E-state index is 5.39. The van der Waals surface area contributed by atoms with E-state index in [9.17, 15) is 0 Å². The standard InChI is InChI=1S/C20H30O4S4/c1-21-9-5-19(6-10-22-2)25-15-13-17-18(14-16(15)26-19)28-20(27-17,7-11-23-3)8-12-24-4/h13-14H,5-12H2,1-4H3. The zero-order valence-corrected chi connectivity index (χ0v) is 20.3. The van der Waals surface area contributed by atoms with Gasteiger partial charge in [-0.15, -0.1) is 47.0 Å². The number of benzene rings is 1. The highest BCUT2D eigenvalue weighted by molar-refractivity contribution is 8.21. The monoisotopic (exact) mass is 462 g/mol. The summed E-state index contributed by atoms with van der Waals surface area (Å²) in [6, 6.07) is 4.81. The molecule has 0 amide bonds. The molecular formula is C20H30O4S4. The molecule has 0 saturated heterocycles. The topological polar surface area (TPSA) is 36.9 Å². The summed E-state index contributed by atoms with van der Waals surface area (Å²) in [7, 11) is 7.12. The van der Waals surface area contributed by atoms with Crippen molar-refractivity contribution in [2.24, 2.45) is 0 Å². The molecule has 0 aliphatic carbocycles. The molecule has 3 rings (SSSR count). The van der Waals surface area contributed by atoms with Crippen molar-refractivity contribution in [3.05, 3.63) is 12.1 Å². The second-order valence-corrected chi connectivity index (χ2v) is 13.2. The van der Waals surface area contributed by atoms with Gasteiger partial charge in [0.05, 0.1) is 8.16 Å². The van der Waals surface area contributed by atoms with Gasteiger partial charge in [-0.2, -0.15) is 0 Å². The van der Waals surface area contributed by atoms with E-state index in [2.05, 4.69) is 12.1 Å². The molecule has 0 saturated carbocycles. The molecular weight excluding hydrogens is 432 g/mol. The Morgan fingerprint density at radius 1 is 0.536 bits per heavy atom. The van der Waals surface area contributed by atoms with Crippen LogP contribution in [0.15, 0.2) is 31.7 Å². The Labute approximate surface area is 185 Å². The summed E-state index contributed by atoms with van der Waals surface area (Å²) >= 11 is 7.99. The number of hydrogen-bond donors (Lipinski definition) is 0. The Morgan fingerprint density at radius 2 is 0.786 bits per heavy atom. The van der Waals surface area contributed by atoms with Crippen LogP contribution in [-0.4, -0.2) is 63.0 Å². The second-order valence-electron chi connectivity index (χ2n) is 6.95. The van der Waals surface area contributed by atoms with Crippen LogP contribution in [0.1, 0.15) is 25.7 Å². The molecule has 0 N–H and O–H groups in total. The third-order valence-corrected chi connectivity index (χ3v) is 11.6. The maximum Gasteiger partial charge on any atom is 0.0749 e. The molecule has 8 heteroatoms. The predicted octanol–water partition coefficient (Wildman–Crippen LogP) is 5.62. The van der Waals surface area contributed by atoms with Crippen molar-refractivity contribution in [2.75, 3.05) is 54.9 Å². The summed E-state index contributed by atoms with van der Waals surface area (Å²) in [6.07, 6.45) is 4.09. The van der Waals surface area contributed by atoms with Gasteiger partial charge >= 0.3 is 0 Å². The molecule has 0 bridgehead atoms. The molecule has 0 unspecified atom stereocenters. The Hall–Kier alpha value is 0.460. The highest BCUT2D eigenvalue weighted by Gasteiger charge is 2.43. The molecule has 0 spiro atoms. The summed E-state index contributed by atoms with van der Waals surface area (Å²) in [4.78, 5) is 5.60. The molecule has 1 aromatic carbocycles. The van der Waals surface area contributed by atoms with Gasteiger partial charge in [-0.05, 0) is 37.8 Å². The molecule has 2 aliphatic heterocycles. The van der Waals surface area contributed by atoms with Crippen molar-refractivity contribution >= 4 is 47.0 Å². The van der Waals surface area contributed by atoms with Crippen molar-refractivity contribution in [3.63, 3.8) is 0 Å². The molecule has 28 heavy (non-hydrogen) atoms. The Bertz CT molecular complexity index is 549. The number of hydrogen-bond acceptors (Lipinski definition) is 8. The normalized spacial score (nSPS) is 19.0. The molecule has 158 valence electrons. The number of rotatable bonds is 12. The Balaban J connectivity index is 1.77. The average molecular weight is 463 g/mol. The fraction of sp³-hybridized carbons (Fsp3) is 0.700. The molecule has 0 radical (unpaired) electrons. The van der Waals surface area contributed by atoms with Crippen molar-refractivity contribution < 1.29 is 18.9 Å². The van der Waals surface area contributed by atoms with E-state index in [1.165, 1.54) is 19.6 Å². The SMILES string of the molecule is COCCC1(CCOC)Sc2cc3c(cc2S1)SC(CCOC)(CCOC)S3. The summed E-state index contributed by atoms with van der Waals surface area (Å²) in [5.74, 6) is 0.